The molecule has 2 rings (SSSR count). The second-order valence-electron chi connectivity index (χ2n) is 5.36. The summed E-state index contributed by atoms with van der Waals surface area (Å²) in [5.41, 5.74) is 7.73. The molecule has 0 aliphatic heterocycles. The van der Waals surface area contributed by atoms with E-state index in [-0.39, 0.29) is 0 Å². The monoisotopic (exact) mass is 359 g/mol. The van der Waals surface area contributed by atoms with Crippen molar-refractivity contribution < 1.29 is 18.9 Å². The maximum atomic E-state index is 5.89. The van der Waals surface area contributed by atoms with Crippen LogP contribution in [0.15, 0.2) is 47.5 Å². The van der Waals surface area contributed by atoms with Gasteiger partial charge in [0.25, 0.3) is 0 Å². The van der Waals surface area contributed by atoms with E-state index in [1.165, 1.54) is 0 Å². The van der Waals surface area contributed by atoms with Crippen LogP contribution in [0.5, 0.6) is 17.2 Å². The summed E-state index contributed by atoms with van der Waals surface area (Å²) in [7, 11) is 4.82. The Kier molecular flexibility index (Phi) is 7.57. The van der Waals surface area contributed by atoms with Gasteiger partial charge in [0.05, 0.1) is 41.1 Å². The van der Waals surface area contributed by atoms with E-state index in [0.29, 0.717) is 37.2 Å². The lowest BCUT2D eigenvalue weighted by molar-refractivity contribution is 0.128. The minimum absolute atomic E-state index is 0.310. The third-order valence-corrected chi connectivity index (χ3v) is 3.60. The largest absolute Gasteiger partial charge is 0.497 e. The predicted molar refractivity (Wildman–Crippen MR) is 102 cm³/mol. The van der Waals surface area contributed by atoms with E-state index in [1.807, 2.05) is 30.3 Å². The number of guanidine groups is 1. The van der Waals surface area contributed by atoms with Gasteiger partial charge in [-0.15, -0.1) is 0 Å². The van der Waals surface area contributed by atoms with Crippen LogP contribution >= 0.6 is 0 Å². The van der Waals surface area contributed by atoms with Crippen molar-refractivity contribution in [2.24, 2.45) is 10.7 Å². The van der Waals surface area contributed by atoms with Crippen LogP contribution in [0.2, 0.25) is 0 Å². The molecule has 26 heavy (non-hydrogen) atoms. The van der Waals surface area contributed by atoms with Crippen LogP contribution in [0.25, 0.3) is 0 Å². The van der Waals surface area contributed by atoms with Gasteiger partial charge in [-0.3, -0.25) is 4.99 Å². The molecule has 2 aromatic carbocycles. The number of nitrogens with zero attached hydrogens (tertiary/aromatic N) is 1. The number of rotatable bonds is 9. The average Bonchev–Trinajstić information content (AvgIpc) is 2.68. The Morgan fingerprint density at radius 1 is 0.962 bits per heavy atom. The second-order valence-corrected chi connectivity index (χ2v) is 5.36. The molecule has 0 heterocycles. The second kappa shape index (κ2) is 10.1. The van der Waals surface area contributed by atoms with Crippen molar-refractivity contribution in [1.29, 1.82) is 0 Å². The molecule has 0 saturated heterocycles. The van der Waals surface area contributed by atoms with Crippen molar-refractivity contribution in [1.82, 2.24) is 0 Å². The molecule has 7 heteroatoms. The molecule has 0 bridgehead atoms. The lowest BCUT2D eigenvalue weighted by Crippen LogP contribution is -2.23. The highest BCUT2D eigenvalue weighted by Crippen LogP contribution is 2.29. The summed E-state index contributed by atoms with van der Waals surface area (Å²) in [6.45, 7) is 1.45. The van der Waals surface area contributed by atoms with Gasteiger partial charge < -0.3 is 30.0 Å². The van der Waals surface area contributed by atoms with Gasteiger partial charge in [0, 0.05) is 11.8 Å². The smallest absolute Gasteiger partial charge is 0.193 e. The Morgan fingerprint density at radius 3 is 2.35 bits per heavy atom. The first-order valence-electron chi connectivity index (χ1n) is 8.16. The van der Waals surface area contributed by atoms with Crippen molar-refractivity contribution in [3.8, 4) is 17.2 Å². The Morgan fingerprint density at radius 2 is 1.69 bits per heavy atom. The summed E-state index contributed by atoms with van der Waals surface area (Å²) in [6.07, 6.45) is 0. The van der Waals surface area contributed by atoms with Crippen LogP contribution < -0.4 is 25.3 Å². The fourth-order valence-corrected chi connectivity index (χ4v) is 2.24. The molecule has 0 unspecified atom stereocenters. The summed E-state index contributed by atoms with van der Waals surface area (Å²) < 4.78 is 21.2. The molecule has 0 spiro atoms. The summed E-state index contributed by atoms with van der Waals surface area (Å²) in [4.78, 5) is 4.24. The normalized spacial score (nSPS) is 11.1. The molecule has 7 nitrogen and oxygen atoms in total. The van der Waals surface area contributed by atoms with Crippen LogP contribution in [0.3, 0.4) is 0 Å². The molecule has 0 aliphatic carbocycles. The van der Waals surface area contributed by atoms with Crippen molar-refractivity contribution >= 4 is 11.6 Å². The fraction of sp³-hybridized carbons (Fsp3) is 0.316. The van der Waals surface area contributed by atoms with Crippen LogP contribution in [0, 0.1) is 0 Å². The number of ether oxygens (including phenoxy) is 4. The molecule has 0 saturated carbocycles. The van der Waals surface area contributed by atoms with E-state index in [2.05, 4.69) is 10.3 Å². The van der Waals surface area contributed by atoms with Crippen molar-refractivity contribution in [3.05, 3.63) is 48.0 Å². The molecule has 0 aliphatic rings. The van der Waals surface area contributed by atoms with Gasteiger partial charge in [-0.2, -0.15) is 0 Å². The third-order valence-electron chi connectivity index (χ3n) is 3.60. The van der Waals surface area contributed by atoms with E-state index in [0.717, 1.165) is 17.0 Å². The predicted octanol–water partition coefficient (Wildman–Crippen LogP) is 2.66. The van der Waals surface area contributed by atoms with Gasteiger partial charge in [-0.1, -0.05) is 12.1 Å². The summed E-state index contributed by atoms with van der Waals surface area (Å²) in [5, 5.41) is 3.01. The zero-order valence-electron chi connectivity index (χ0n) is 15.3. The molecule has 0 fully saturated rings. The first-order chi connectivity index (χ1) is 12.7. The van der Waals surface area contributed by atoms with Gasteiger partial charge in [-0.05, 0) is 29.8 Å². The number of hydrogen-bond donors (Lipinski definition) is 2. The molecule has 0 aromatic heterocycles. The molecule has 0 atom stereocenters. The van der Waals surface area contributed by atoms with Crippen LogP contribution in [-0.4, -0.2) is 40.4 Å². The van der Waals surface area contributed by atoms with E-state index < -0.39 is 0 Å². The number of aliphatic imine (C=N–C) groups is 1. The Balaban J connectivity index is 1.75. The van der Waals surface area contributed by atoms with Crippen molar-refractivity contribution in [2.45, 2.75) is 6.61 Å². The molecule has 3 N–H and O–H groups in total. The van der Waals surface area contributed by atoms with Crippen LogP contribution in [0.1, 0.15) is 5.56 Å². The van der Waals surface area contributed by atoms with E-state index in [1.54, 1.807) is 33.5 Å². The van der Waals surface area contributed by atoms with Crippen molar-refractivity contribution in [2.75, 3.05) is 39.8 Å². The molecular weight excluding hydrogens is 334 g/mol. The molecule has 0 amide bonds. The number of benzene rings is 2. The SMILES string of the molecule is COc1ccc(COCCN=C(N)Nc2ccc(OC)c(OC)c2)cc1. The first-order valence-corrected chi connectivity index (χ1v) is 8.16. The molecule has 2 aromatic rings. The highest BCUT2D eigenvalue weighted by Gasteiger charge is 2.05. The minimum atomic E-state index is 0.310. The number of hydrogen-bond acceptors (Lipinski definition) is 5. The average molecular weight is 359 g/mol. The highest BCUT2D eigenvalue weighted by atomic mass is 16.5. The number of nitrogens with two attached hydrogens (primary N) is 1. The Hall–Kier alpha value is -2.93. The molecule has 0 radical (unpaired) electrons. The number of anilines is 1. The lowest BCUT2D eigenvalue weighted by atomic mass is 10.2. The Labute approximate surface area is 153 Å². The van der Waals surface area contributed by atoms with Gasteiger partial charge in [0.15, 0.2) is 17.5 Å². The summed E-state index contributed by atoms with van der Waals surface area (Å²) in [6, 6.07) is 13.2. The molecular formula is C19H25N3O4. The van der Waals surface area contributed by atoms with Gasteiger partial charge in [0.2, 0.25) is 0 Å². The van der Waals surface area contributed by atoms with Crippen LogP contribution in [0.4, 0.5) is 5.69 Å². The zero-order valence-corrected chi connectivity index (χ0v) is 15.3. The van der Waals surface area contributed by atoms with Gasteiger partial charge >= 0.3 is 0 Å². The fourth-order valence-electron chi connectivity index (χ4n) is 2.24. The maximum absolute atomic E-state index is 5.89. The summed E-state index contributed by atoms with van der Waals surface area (Å²) >= 11 is 0. The van der Waals surface area contributed by atoms with E-state index in [9.17, 15) is 0 Å². The van der Waals surface area contributed by atoms with Crippen molar-refractivity contribution in [3.63, 3.8) is 0 Å². The maximum Gasteiger partial charge on any atom is 0.193 e. The molecule has 140 valence electrons. The quantitative estimate of drug-likeness (QED) is 0.407. The first kappa shape index (κ1) is 19.4. The van der Waals surface area contributed by atoms with Crippen LogP contribution in [-0.2, 0) is 11.3 Å². The third kappa shape index (κ3) is 5.86. The highest BCUT2D eigenvalue weighted by molar-refractivity contribution is 5.92. The number of nitrogens with one attached hydrogen (secondary N) is 1. The van der Waals surface area contributed by atoms with Gasteiger partial charge in [0.1, 0.15) is 5.75 Å². The lowest BCUT2D eigenvalue weighted by Gasteiger charge is -2.11. The standard InChI is InChI=1S/C19H25N3O4/c1-23-16-7-4-14(5-8-16)13-26-11-10-21-19(20)22-15-6-9-17(24-2)18(12-15)25-3/h4-9,12H,10-11,13H2,1-3H3,(H3,20,21,22). The topological polar surface area (TPSA) is 87.3 Å². The van der Waals surface area contributed by atoms with E-state index in [4.69, 9.17) is 24.7 Å². The van der Waals surface area contributed by atoms with Gasteiger partial charge in [-0.25, -0.2) is 0 Å². The Bertz CT molecular complexity index is 717. The zero-order chi connectivity index (χ0) is 18.8. The summed E-state index contributed by atoms with van der Waals surface area (Å²) in [5.74, 6) is 2.41. The van der Waals surface area contributed by atoms with E-state index >= 15 is 0 Å². The number of methoxy groups -OCH3 is 3. The minimum Gasteiger partial charge on any atom is -0.497 e.